The molecule has 128 valence electrons. The van der Waals surface area contributed by atoms with E-state index in [4.69, 9.17) is 0 Å². The molecule has 0 aliphatic carbocycles. The molecule has 1 heterocycles. The maximum absolute atomic E-state index is 3.48. The molecule has 1 fully saturated rings. The predicted molar refractivity (Wildman–Crippen MR) is 103 cm³/mol. The highest BCUT2D eigenvalue weighted by atomic mass is 15.2. The van der Waals surface area contributed by atoms with Gasteiger partial charge < -0.3 is 5.32 Å². The highest BCUT2D eigenvalue weighted by Gasteiger charge is 2.22. The number of rotatable bonds is 7. The number of hydrogen-bond acceptors (Lipinski definition) is 2. The van der Waals surface area contributed by atoms with Crippen molar-refractivity contribution in [3.63, 3.8) is 0 Å². The van der Waals surface area contributed by atoms with Gasteiger partial charge in [-0.05, 0) is 29.2 Å². The molecule has 0 saturated carbocycles. The number of nitrogens with zero attached hydrogens (tertiary/aromatic N) is 1. The molecular weight excluding hydrogens is 292 g/mol. The molecule has 0 bridgehead atoms. The molecule has 2 aromatic carbocycles. The summed E-state index contributed by atoms with van der Waals surface area (Å²) >= 11 is 0. The molecule has 0 aromatic heterocycles. The van der Waals surface area contributed by atoms with Crippen LogP contribution in [0.3, 0.4) is 0 Å². The van der Waals surface area contributed by atoms with Crippen molar-refractivity contribution in [2.24, 2.45) is 0 Å². The fourth-order valence-electron chi connectivity index (χ4n) is 3.70. The first-order valence-electron chi connectivity index (χ1n) is 9.48. The van der Waals surface area contributed by atoms with Gasteiger partial charge in [-0.2, -0.15) is 0 Å². The molecular formula is C22H30N2. The third kappa shape index (κ3) is 4.46. The third-order valence-corrected chi connectivity index (χ3v) is 5.05. The Bertz CT molecular complexity index is 602. The predicted octanol–water partition coefficient (Wildman–Crippen LogP) is 4.88. The second kappa shape index (κ2) is 9.00. The summed E-state index contributed by atoms with van der Waals surface area (Å²) in [5, 5.41) is 3.48. The maximum Gasteiger partial charge on any atom is 0.0349 e. The monoisotopic (exact) mass is 322 g/mol. The van der Waals surface area contributed by atoms with Crippen molar-refractivity contribution in [2.45, 2.75) is 38.6 Å². The Labute approximate surface area is 146 Å². The van der Waals surface area contributed by atoms with E-state index in [1.54, 1.807) is 0 Å². The second-order valence-electron chi connectivity index (χ2n) is 6.79. The van der Waals surface area contributed by atoms with E-state index in [-0.39, 0.29) is 0 Å². The normalized spacial score (nSPS) is 16.9. The topological polar surface area (TPSA) is 15.3 Å². The van der Waals surface area contributed by atoms with Crippen LogP contribution in [0.2, 0.25) is 0 Å². The van der Waals surface area contributed by atoms with E-state index >= 15 is 0 Å². The fraction of sp³-hybridized carbons (Fsp3) is 0.455. The quantitative estimate of drug-likeness (QED) is 0.731. The molecule has 24 heavy (non-hydrogen) atoms. The molecule has 2 aromatic rings. The highest BCUT2D eigenvalue weighted by Crippen LogP contribution is 2.30. The van der Waals surface area contributed by atoms with Gasteiger partial charge in [-0.1, -0.05) is 74.7 Å². The minimum absolute atomic E-state index is 0.558. The van der Waals surface area contributed by atoms with Crippen LogP contribution >= 0.6 is 0 Å². The van der Waals surface area contributed by atoms with Crippen molar-refractivity contribution in [1.82, 2.24) is 10.2 Å². The van der Waals surface area contributed by atoms with Gasteiger partial charge in [0.1, 0.15) is 0 Å². The molecule has 0 unspecified atom stereocenters. The van der Waals surface area contributed by atoms with Gasteiger partial charge in [0.05, 0.1) is 0 Å². The molecule has 1 aliphatic heterocycles. The first kappa shape index (κ1) is 17.2. The van der Waals surface area contributed by atoms with Gasteiger partial charge in [0.2, 0.25) is 0 Å². The summed E-state index contributed by atoms with van der Waals surface area (Å²) in [4.78, 5) is 2.68. The van der Waals surface area contributed by atoms with Crippen LogP contribution in [-0.2, 0) is 0 Å². The largest absolute Gasteiger partial charge is 0.314 e. The smallest absolute Gasteiger partial charge is 0.0349 e. The van der Waals surface area contributed by atoms with Crippen LogP contribution in [0.1, 0.15) is 44.2 Å². The summed E-state index contributed by atoms with van der Waals surface area (Å²) in [7, 11) is 0. The summed E-state index contributed by atoms with van der Waals surface area (Å²) in [6, 6.07) is 20.5. The van der Waals surface area contributed by atoms with Gasteiger partial charge >= 0.3 is 0 Å². The van der Waals surface area contributed by atoms with Gasteiger partial charge in [0.15, 0.2) is 0 Å². The molecule has 2 heteroatoms. The Kier molecular flexibility index (Phi) is 6.45. The van der Waals surface area contributed by atoms with Crippen LogP contribution in [0, 0.1) is 0 Å². The van der Waals surface area contributed by atoms with Crippen LogP contribution in [0.5, 0.6) is 0 Å². The Morgan fingerprint density at radius 3 is 2.42 bits per heavy atom. The van der Waals surface area contributed by atoms with E-state index in [1.165, 1.54) is 42.4 Å². The summed E-state index contributed by atoms with van der Waals surface area (Å²) in [5.74, 6) is 0. The molecule has 2 nitrogen and oxygen atoms in total. The Balaban J connectivity index is 1.83. The van der Waals surface area contributed by atoms with E-state index in [9.17, 15) is 0 Å². The van der Waals surface area contributed by atoms with Crippen molar-refractivity contribution in [3.05, 3.63) is 60.2 Å². The summed E-state index contributed by atoms with van der Waals surface area (Å²) in [6.45, 7) is 6.83. The summed E-state index contributed by atoms with van der Waals surface area (Å²) in [6.07, 6.45) is 5.21. The van der Waals surface area contributed by atoms with E-state index < -0.39 is 0 Å². The molecule has 1 aliphatic rings. The third-order valence-electron chi connectivity index (χ3n) is 5.05. The van der Waals surface area contributed by atoms with Gasteiger partial charge in [-0.25, -0.2) is 0 Å². The Morgan fingerprint density at radius 1 is 0.917 bits per heavy atom. The first-order chi connectivity index (χ1) is 11.9. The number of piperazine rings is 1. The summed E-state index contributed by atoms with van der Waals surface area (Å²) in [5.41, 5.74) is 4.13. The standard InChI is InChI=1S/C22H30N2/c1-2-3-5-13-22(24-16-14-23-15-17-24)21-12-8-11-20(18-21)19-9-6-4-7-10-19/h4,6-12,18,22-23H,2-3,5,13-17H2,1H3/t22-/m0/s1. The van der Waals surface area contributed by atoms with Crippen LogP contribution in [0.4, 0.5) is 0 Å². The van der Waals surface area contributed by atoms with Crippen molar-refractivity contribution in [2.75, 3.05) is 26.2 Å². The summed E-state index contributed by atoms with van der Waals surface area (Å²) < 4.78 is 0. The first-order valence-corrected chi connectivity index (χ1v) is 9.48. The average Bonchev–Trinajstić information content (AvgIpc) is 2.67. The van der Waals surface area contributed by atoms with Crippen LogP contribution < -0.4 is 5.32 Å². The van der Waals surface area contributed by atoms with Crippen LogP contribution in [-0.4, -0.2) is 31.1 Å². The Hall–Kier alpha value is -1.64. The number of nitrogens with one attached hydrogen (secondary N) is 1. The lowest BCUT2D eigenvalue weighted by Crippen LogP contribution is -2.45. The zero-order valence-corrected chi connectivity index (χ0v) is 14.9. The lowest BCUT2D eigenvalue weighted by Gasteiger charge is -2.35. The number of unbranched alkanes of at least 4 members (excludes halogenated alkanes) is 2. The number of hydrogen-bond donors (Lipinski definition) is 1. The maximum atomic E-state index is 3.48. The van der Waals surface area contributed by atoms with Crippen molar-refractivity contribution in [3.8, 4) is 11.1 Å². The minimum atomic E-state index is 0.558. The van der Waals surface area contributed by atoms with E-state index in [0.29, 0.717) is 6.04 Å². The lowest BCUT2D eigenvalue weighted by atomic mass is 9.95. The zero-order chi connectivity index (χ0) is 16.6. The SMILES string of the molecule is CCCCC[C@@H](c1cccc(-c2ccccc2)c1)N1CCNCC1. The van der Waals surface area contributed by atoms with E-state index in [1.807, 2.05) is 0 Å². The lowest BCUT2D eigenvalue weighted by molar-refractivity contribution is 0.163. The fourth-order valence-corrected chi connectivity index (χ4v) is 3.70. The van der Waals surface area contributed by atoms with Crippen molar-refractivity contribution in [1.29, 1.82) is 0 Å². The van der Waals surface area contributed by atoms with Gasteiger partial charge in [-0.3, -0.25) is 4.90 Å². The van der Waals surface area contributed by atoms with Crippen LogP contribution in [0.25, 0.3) is 11.1 Å². The van der Waals surface area contributed by atoms with Gasteiger partial charge in [0.25, 0.3) is 0 Å². The van der Waals surface area contributed by atoms with E-state index in [2.05, 4.69) is 71.7 Å². The van der Waals surface area contributed by atoms with Crippen molar-refractivity contribution >= 4 is 0 Å². The van der Waals surface area contributed by atoms with E-state index in [0.717, 1.165) is 26.2 Å². The molecule has 0 radical (unpaired) electrons. The zero-order valence-electron chi connectivity index (χ0n) is 14.9. The number of benzene rings is 2. The molecule has 1 atom stereocenters. The van der Waals surface area contributed by atoms with Crippen molar-refractivity contribution < 1.29 is 0 Å². The molecule has 0 spiro atoms. The van der Waals surface area contributed by atoms with Crippen LogP contribution in [0.15, 0.2) is 54.6 Å². The minimum Gasteiger partial charge on any atom is -0.314 e. The average molecular weight is 322 g/mol. The molecule has 0 amide bonds. The van der Waals surface area contributed by atoms with Gasteiger partial charge in [0, 0.05) is 32.2 Å². The van der Waals surface area contributed by atoms with Gasteiger partial charge in [-0.15, -0.1) is 0 Å². The molecule has 1 saturated heterocycles. The highest BCUT2D eigenvalue weighted by molar-refractivity contribution is 5.64. The second-order valence-corrected chi connectivity index (χ2v) is 6.79. The molecule has 1 N–H and O–H groups in total. The molecule has 3 rings (SSSR count). The Morgan fingerprint density at radius 2 is 1.67 bits per heavy atom.